The molecule has 0 radical (unpaired) electrons. The zero-order chi connectivity index (χ0) is 28.8. The Kier molecular flexibility index (Phi) is 12.0. The minimum atomic E-state index is -1.89. The van der Waals surface area contributed by atoms with Gasteiger partial charge in [0.25, 0.3) is 0 Å². The first-order valence-corrected chi connectivity index (χ1v) is 12.3. The Balaban J connectivity index is 2.18. The molecule has 0 aliphatic heterocycles. The van der Waals surface area contributed by atoms with E-state index in [-0.39, 0.29) is 43.3 Å². The number of rotatable bonds is 13. The van der Waals surface area contributed by atoms with Crippen LogP contribution in [0.2, 0.25) is 0 Å². The Morgan fingerprint density at radius 1 is 0.846 bits per heavy atom. The number of carbonyl (C=O) groups is 4. The molecule has 0 heterocycles. The van der Waals surface area contributed by atoms with Crippen LogP contribution in [0.1, 0.15) is 45.6 Å². The standard InChI is InChI=1S/C27H33NO11/c1-4-13-34-24(31)38-21-12-11-19(15-22(21)39-25(32)35-14-5-2)17-27(28,23(29)30)16-18(3)36-26(33)37-20-9-7-6-8-10-20/h6-12,15,18H,4-5,13-14,16-17,28H2,1-3H3,(H,29,30)/t18-,27?/m0/s1. The van der Waals surface area contributed by atoms with E-state index in [0.29, 0.717) is 18.4 Å². The molecule has 0 aliphatic carbocycles. The molecule has 12 heteroatoms. The summed E-state index contributed by atoms with van der Waals surface area (Å²) in [6.45, 7) is 5.31. The van der Waals surface area contributed by atoms with E-state index in [1.165, 1.54) is 25.1 Å². The van der Waals surface area contributed by atoms with Crippen LogP contribution >= 0.6 is 0 Å². The Bertz CT molecular complexity index is 1120. The lowest BCUT2D eigenvalue weighted by atomic mass is 9.86. The quantitative estimate of drug-likeness (QED) is 0.199. The highest BCUT2D eigenvalue weighted by molar-refractivity contribution is 5.79. The molecule has 3 N–H and O–H groups in total. The highest BCUT2D eigenvalue weighted by Crippen LogP contribution is 2.31. The molecule has 2 aromatic rings. The molecule has 2 atom stereocenters. The largest absolute Gasteiger partial charge is 0.514 e. The van der Waals surface area contributed by atoms with Crippen LogP contribution in [0.4, 0.5) is 14.4 Å². The molecule has 2 rings (SSSR count). The summed E-state index contributed by atoms with van der Waals surface area (Å²) in [4.78, 5) is 48.3. The zero-order valence-electron chi connectivity index (χ0n) is 22.0. The molecule has 0 fully saturated rings. The predicted octanol–water partition coefficient (Wildman–Crippen LogP) is 4.86. The zero-order valence-corrected chi connectivity index (χ0v) is 22.0. The van der Waals surface area contributed by atoms with Crippen LogP contribution in [0, 0.1) is 0 Å². The summed E-state index contributed by atoms with van der Waals surface area (Å²) in [5.74, 6) is -1.45. The number of benzene rings is 2. The van der Waals surface area contributed by atoms with Gasteiger partial charge in [-0.05, 0) is 49.6 Å². The Labute approximate surface area is 225 Å². The van der Waals surface area contributed by atoms with Gasteiger partial charge in [-0.2, -0.15) is 0 Å². The van der Waals surface area contributed by atoms with E-state index < -0.39 is 36.1 Å². The van der Waals surface area contributed by atoms with Gasteiger partial charge in [0.2, 0.25) is 0 Å². The lowest BCUT2D eigenvalue weighted by Crippen LogP contribution is -2.52. The third-order valence-electron chi connectivity index (χ3n) is 5.08. The number of carboxylic acids is 1. The number of ether oxygens (including phenoxy) is 6. The smallest absolute Gasteiger partial charge is 0.480 e. The van der Waals surface area contributed by atoms with E-state index in [4.69, 9.17) is 34.2 Å². The van der Waals surface area contributed by atoms with Gasteiger partial charge in [0.1, 0.15) is 17.4 Å². The molecule has 0 spiro atoms. The number of para-hydroxylation sites is 1. The van der Waals surface area contributed by atoms with Gasteiger partial charge in [-0.3, -0.25) is 4.79 Å². The van der Waals surface area contributed by atoms with Crippen molar-refractivity contribution < 1.29 is 52.7 Å². The molecular weight excluding hydrogens is 514 g/mol. The number of hydrogen-bond donors (Lipinski definition) is 2. The summed E-state index contributed by atoms with van der Waals surface area (Å²) >= 11 is 0. The van der Waals surface area contributed by atoms with E-state index in [1.54, 1.807) is 44.2 Å². The maximum Gasteiger partial charge on any atom is 0.514 e. The normalized spacial score (nSPS) is 12.8. The SMILES string of the molecule is CCCOC(=O)Oc1ccc(CC(N)(C[C@H](C)OC(=O)Oc2ccccc2)C(=O)O)cc1OC(=O)OCCC. The van der Waals surface area contributed by atoms with Crippen molar-refractivity contribution in [2.24, 2.45) is 5.73 Å². The lowest BCUT2D eigenvalue weighted by molar-refractivity contribution is -0.144. The molecule has 0 amide bonds. The van der Waals surface area contributed by atoms with Crippen LogP contribution in [0.3, 0.4) is 0 Å². The van der Waals surface area contributed by atoms with Crippen LogP contribution in [-0.4, -0.2) is 54.4 Å². The average Bonchev–Trinajstić information content (AvgIpc) is 2.88. The van der Waals surface area contributed by atoms with Gasteiger partial charge >= 0.3 is 24.4 Å². The summed E-state index contributed by atoms with van der Waals surface area (Å²) in [6.07, 6.45) is -3.42. The maximum absolute atomic E-state index is 12.1. The van der Waals surface area contributed by atoms with Crippen LogP contribution in [0.5, 0.6) is 17.2 Å². The second-order valence-corrected chi connectivity index (χ2v) is 8.62. The van der Waals surface area contributed by atoms with Crippen LogP contribution in [-0.2, 0) is 25.4 Å². The van der Waals surface area contributed by atoms with Gasteiger partial charge in [-0.25, -0.2) is 14.4 Å². The predicted molar refractivity (Wildman–Crippen MR) is 137 cm³/mol. The molecule has 39 heavy (non-hydrogen) atoms. The van der Waals surface area contributed by atoms with Crippen molar-refractivity contribution in [3.05, 3.63) is 54.1 Å². The van der Waals surface area contributed by atoms with Crippen molar-refractivity contribution in [1.82, 2.24) is 0 Å². The van der Waals surface area contributed by atoms with Gasteiger partial charge in [0.05, 0.1) is 13.2 Å². The fraction of sp³-hybridized carbons (Fsp3) is 0.407. The molecule has 12 nitrogen and oxygen atoms in total. The first-order chi connectivity index (χ1) is 18.6. The number of aliphatic carboxylic acids is 1. The van der Waals surface area contributed by atoms with Gasteiger partial charge in [-0.15, -0.1) is 0 Å². The third kappa shape index (κ3) is 10.5. The Morgan fingerprint density at radius 3 is 2.00 bits per heavy atom. The number of carboxylic acid groups (broad SMARTS) is 1. The first kappa shape index (κ1) is 30.9. The number of nitrogens with two attached hydrogens (primary N) is 1. The van der Waals surface area contributed by atoms with Crippen molar-refractivity contribution in [3.8, 4) is 17.2 Å². The van der Waals surface area contributed by atoms with E-state index in [9.17, 15) is 24.3 Å². The van der Waals surface area contributed by atoms with E-state index in [1.807, 2.05) is 0 Å². The van der Waals surface area contributed by atoms with Crippen molar-refractivity contribution in [1.29, 1.82) is 0 Å². The van der Waals surface area contributed by atoms with Crippen LogP contribution in [0.15, 0.2) is 48.5 Å². The first-order valence-electron chi connectivity index (χ1n) is 12.3. The molecule has 0 bridgehead atoms. The van der Waals surface area contributed by atoms with Crippen LogP contribution in [0.25, 0.3) is 0 Å². The van der Waals surface area contributed by atoms with Gasteiger partial charge < -0.3 is 39.3 Å². The second-order valence-electron chi connectivity index (χ2n) is 8.62. The highest BCUT2D eigenvalue weighted by Gasteiger charge is 2.37. The molecule has 1 unspecified atom stereocenters. The van der Waals surface area contributed by atoms with Crippen molar-refractivity contribution in [2.45, 2.75) is 58.1 Å². The molecule has 2 aromatic carbocycles. The van der Waals surface area contributed by atoms with E-state index in [2.05, 4.69) is 0 Å². The van der Waals surface area contributed by atoms with Gasteiger partial charge in [0.15, 0.2) is 11.5 Å². The fourth-order valence-corrected chi connectivity index (χ4v) is 3.36. The van der Waals surface area contributed by atoms with E-state index in [0.717, 1.165) is 0 Å². The summed E-state index contributed by atoms with van der Waals surface area (Å²) in [5.41, 5.74) is 4.65. The lowest BCUT2D eigenvalue weighted by Gasteiger charge is -2.28. The summed E-state index contributed by atoms with van der Waals surface area (Å²) in [5, 5.41) is 9.89. The second kappa shape index (κ2) is 15.2. The van der Waals surface area contributed by atoms with Gasteiger partial charge in [-0.1, -0.05) is 38.1 Å². The number of carbonyl (C=O) groups excluding carboxylic acids is 3. The molecule has 0 saturated carbocycles. The van der Waals surface area contributed by atoms with Crippen molar-refractivity contribution in [3.63, 3.8) is 0 Å². The fourth-order valence-electron chi connectivity index (χ4n) is 3.36. The minimum absolute atomic E-state index is 0.1000. The Hall–Kier alpha value is -4.32. The molecular formula is C27H33NO11. The minimum Gasteiger partial charge on any atom is -0.480 e. The highest BCUT2D eigenvalue weighted by atomic mass is 16.7. The topological polar surface area (TPSA) is 170 Å². The summed E-state index contributed by atoms with van der Waals surface area (Å²) < 4.78 is 30.4. The van der Waals surface area contributed by atoms with E-state index >= 15 is 0 Å². The average molecular weight is 548 g/mol. The monoisotopic (exact) mass is 547 g/mol. The molecule has 0 saturated heterocycles. The van der Waals surface area contributed by atoms with Crippen molar-refractivity contribution >= 4 is 24.4 Å². The van der Waals surface area contributed by atoms with Crippen molar-refractivity contribution in [2.75, 3.05) is 13.2 Å². The summed E-state index contributed by atoms with van der Waals surface area (Å²) in [7, 11) is 0. The third-order valence-corrected chi connectivity index (χ3v) is 5.08. The molecule has 0 aromatic heterocycles. The van der Waals surface area contributed by atoms with Gasteiger partial charge in [0, 0.05) is 12.8 Å². The number of hydrogen-bond acceptors (Lipinski definition) is 11. The molecule has 0 aliphatic rings. The van der Waals surface area contributed by atoms with Crippen LogP contribution < -0.4 is 19.9 Å². The molecule has 212 valence electrons. The summed E-state index contributed by atoms with van der Waals surface area (Å²) in [6, 6.07) is 12.3. The maximum atomic E-state index is 12.1. The Morgan fingerprint density at radius 2 is 1.44 bits per heavy atom.